The number of fused-ring (bicyclic) bond motifs is 4. The Labute approximate surface area is 270 Å². The number of benzene rings is 6. The van der Waals surface area contributed by atoms with Gasteiger partial charge < -0.3 is 4.42 Å². The second-order valence-corrected chi connectivity index (χ2v) is 11.3. The molecular weight excluding hydrogens is 578 g/mol. The van der Waals surface area contributed by atoms with E-state index in [2.05, 4.69) is 24.3 Å². The lowest BCUT2D eigenvalue weighted by molar-refractivity contribution is 0.669. The molecule has 6 heteroatoms. The molecule has 0 fully saturated rings. The van der Waals surface area contributed by atoms with Gasteiger partial charge in [-0.15, -0.1) is 0 Å². The second-order valence-electron chi connectivity index (χ2n) is 11.3. The Kier molecular flexibility index (Phi) is 6.35. The zero-order chi connectivity index (χ0) is 31.2. The van der Waals surface area contributed by atoms with E-state index >= 15 is 0 Å². The van der Waals surface area contributed by atoms with Crippen molar-refractivity contribution in [3.63, 3.8) is 0 Å². The second kappa shape index (κ2) is 11.1. The fourth-order valence-corrected chi connectivity index (χ4v) is 6.15. The van der Waals surface area contributed by atoms with E-state index in [0.29, 0.717) is 28.9 Å². The Morgan fingerprint density at radius 1 is 0.362 bits per heavy atom. The van der Waals surface area contributed by atoms with E-state index in [9.17, 15) is 0 Å². The van der Waals surface area contributed by atoms with Crippen molar-refractivity contribution in [1.29, 1.82) is 0 Å². The molecule has 0 saturated carbocycles. The van der Waals surface area contributed by atoms with Gasteiger partial charge in [0.25, 0.3) is 0 Å². The third-order valence-electron chi connectivity index (χ3n) is 8.35. The number of furan rings is 1. The summed E-state index contributed by atoms with van der Waals surface area (Å²) in [6.07, 6.45) is 0. The van der Waals surface area contributed by atoms with Crippen molar-refractivity contribution < 1.29 is 4.42 Å². The smallest absolute Gasteiger partial charge is 0.164 e. The van der Waals surface area contributed by atoms with Gasteiger partial charge in [0.15, 0.2) is 23.3 Å². The third-order valence-corrected chi connectivity index (χ3v) is 8.35. The van der Waals surface area contributed by atoms with E-state index < -0.39 is 0 Å². The van der Waals surface area contributed by atoms with Crippen molar-refractivity contribution in [2.24, 2.45) is 0 Å². The van der Waals surface area contributed by atoms with Crippen molar-refractivity contribution in [3.8, 4) is 56.8 Å². The molecule has 6 aromatic carbocycles. The Bertz CT molecular complexity index is 2510. The van der Waals surface area contributed by atoms with Crippen LogP contribution in [0.5, 0.6) is 0 Å². The Morgan fingerprint density at radius 3 is 1.60 bits per heavy atom. The summed E-state index contributed by atoms with van der Waals surface area (Å²) >= 11 is 0. The number of aromatic nitrogens is 5. The Balaban J connectivity index is 1.27. The zero-order valence-corrected chi connectivity index (χ0v) is 25.1. The normalized spacial score (nSPS) is 11.4. The summed E-state index contributed by atoms with van der Waals surface area (Å²) in [5.74, 6) is 2.40. The zero-order valence-electron chi connectivity index (χ0n) is 25.1. The molecule has 0 aliphatic carbocycles. The molecule has 0 spiro atoms. The number of nitrogens with zero attached hydrogens (tertiary/aromatic N) is 5. The van der Waals surface area contributed by atoms with Crippen LogP contribution in [0.15, 0.2) is 156 Å². The van der Waals surface area contributed by atoms with Crippen LogP contribution in [-0.4, -0.2) is 24.9 Å². The molecule has 0 aliphatic rings. The summed E-state index contributed by atoms with van der Waals surface area (Å²) in [5.41, 5.74) is 7.75. The van der Waals surface area contributed by atoms with Gasteiger partial charge >= 0.3 is 0 Å². The molecule has 0 amide bonds. The van der Waals surface area contributed by atoms with E-state index in [1.54, 1.807) is 0 Å². The Morgan fingerprint density at radius 2 is 0.894 bits per heavy atom. The molecule has 0 radical (unpaired) electrons. The van der Waals surface area contributed by atoms with Crippen LogP contribution in [0.3, 0.4) is 0 Å². The largest absolute Gasteiger partial charge is 0.455 e. The molecule has 9 aromatic rings. The number of hydrogen-bond donors (Lipinski definition) is 0. The molecule has 0 saturated heterocycles. The van der Waals surface area contributed by atoms with Gasteiger partial charge in [-0.1, -0.05) is 133 Å². The van der Waals surface area contributed by atoms with Crippen molar-refractivity contribution in [2.75, 3.05) is 0 Å². The summed E-state index contributed by atoms with van der Waals surface area (Å²) in [6.45, 7) is 0. The first-order valence-electron chi connectivity index (χ1n) is 15.4. The lowest BCUT2D eigenvalue weighted by Gasteiger charge is -2.10. The minimum Gasteiger partial charge on any atom is -0.455 e. The van der Waals surface area contributed by atoms with Gasteiger partial charge in [-0.25, -0.2) is 24.9 Å². The quantitative estimate of drug-likeness (QED) is 0.195. The highest BCUT2D eigenvalue weighted by atomic mass is 16.3. The average molecular weight is 604 g/mol. The molecule has 6 nitrogen and oxygen atoms in total. The lowest BCUT2D eigenvalue weighted by atomic mass is 10.0. The molecule has 0 aliphatic heterocycles. The van der Waals surface area contributed by atoms with E-state index in [1.807, 2.05) is 127 Å². The molecule has 220 valence electrons. The highest BCUT2D eigenvalue weighted by Crippen LogP contribution is 2.40. The van der Waals surface area contributed by atoms with Gasteiger partial charge in [-0.3, -0.25) is 0 Å². The standard InChI is InChI=1S/C41H25N5O/c1-4-14-26(15-5-1)36-29-20-10-11-24-33(29)42-41(43-36)32-23-12-21-30-35-31(22-13-25-34(35)47-37(30)32)40-45-38(27-16-6-2-7-17-27)44-39(46-40)28-18-8-3-9-19-28/h1-25H. The minimum absolute atomic E-state index is 0.574. The van der Waals surface area contributed by atoms with Crippen molar-refractivity contribution >= 4 is 32.8 Å². The predicted octanol–water partition coefficient (Wildman–Crippen LogP) is 10.0. The maximum atomic E-state index is 6.64. The van der Waals surface area contributed by atoms with Crippen molar-refractivity contribution in [3.05, 3.63) is 152 Å². The van der Waals surface area contributed by atoms with Gasteiger partial charge in [0, 0.05) is 38.4 Å². The van der Waals surface area contributed by atoms with Crippen LogP contribution >= 0.6 is 0 Å². The first-order valence-corrected chi connectivity index (χ1v) is 15.4. The van der Waals surface area contributed by atoms with E-state index in [4.69, 9.17) is 29.3 Å². The molecule has 3 aromatic heterocycles. The summed E-state index contributed by atoms with van der Waals surface area (Å²) in [7, 11) is 0. The number of para-hydroxylation sites is 2. The lowest BCUT2D eigenvalue weighted by Crippen LogP contribution is -2.00. The topological polar surface area (TPSA) is 77.6 Å². The van der Waals surface area contributed by atoms with Gasteiger partial charge in [0.1, 0.15) is 11.2 Å². The number of hydrogen-bond acceptors (Lipinski definition) is 6. The maximum absolute atomic E-state index is 6.64. The van der Waals surface area contributed by atoms with E-state index in [-0.39, 0.29) is 0 Å². The molecule has 0 N–H and O–H groups in total. The molecule has 47 heavy (non-hydrogen) atoms. The summed E-state index contributed by atoms with van der Waals surface area (Å²) < 4.78 is 6.64. The highest BCUT2D eigenvalue weighted by molar-refractivity contribution is 6.14. The monoisotopic (exact) mass is 603 g/mol. The number of rotatable bonds is 5. The van der Waals surface area contributed by atoms with Crippen LogP contribution < -0.4 is 0 Å². The molecule has 0 atom stereocenters. The van der Waals surface area contributed by atoms with Crippen LogP contribution in [-0.2, 0) is 0 Å². The maximum Gasteiger partial charge on any atom is 0.164 e. The van der Waals surface area contributed by atoms with Crippen LogP contribution in [0.25, 0.3) is 89.7 Å². The predicted molar refractivity (Wildman–Crippen MR) is 187 cm³/mol. The fourth-order valence-electron chi connectivity index (χ4n) is 6.15. The van der Waals surface area contributed by atoms with Gasteiger partial charge in [-0.05, 0) is 18.2 Å². The van der Waals surface area contributed by atoms with Crippen LogP contribution in [0, 0.1) is 0 Å². The van der Waals surface area contributed by atoms with Crippen molar-refractivity contribution in [2.45, 2.75) is 0 Å². The first-order chi connectivity index (χ1) is 23.3. The fraction of sp³-hybridized carbons (Fsp3) is 0. The summed E-state index contributed by atoms with van der Waals surface area (Å²) in [4.78, 5) is 25.0. The Hall–Kier alpha value is -6.53. The molecule has 0 unspecified atom stereocenters. The summed E-state index contributed by atoms with van der Waals surface area (Å²) in [6, 6.07) is 50.5. The molecule has 3 heterocycles. The van der Waals surface area contributed by atoms with Gasteiger partial charge in [-0.2, -0.15) is 0 Å². The van der Waals surface area contributed by atoms with Gasteiger partial charge in [0.2, 0.25) is 0 Å². The van der Waals surface area contributed by atoms with Crippen molar-refractivity contribution in [1.82, 2.24) is 24.9 Å². The third kappa shape index (κ3) is 4.71. The van der Waals surface area contributed by atoms with E-state index in [1.165, 1.54) is 0 Å². The minimum atomic E-state index is 0.574. The average Bonchev–Trinajstić information content (AvgIpc) is 3.54. The van der Waals surface area contributed by atoms with Crippen LogP contribution in [0.1, 0.15) is 0 Å². The van der Waals surface area contributed by atoms with E-state index in [0.717, 1.165) is 60.8 Å². The molecule has 0 bridgehead atoms. The van der Waals surface area contributed by atoms with Crippen LogP contribution in [0.4, 0.5) is 0 Å². The molecular formula is C41H25N5O. The SMILES string of the molecule is c1ccc(-c2nc(-c3ccccc3)nc(-c3cccc4oc5c(-c6nc(-c7ccccc7)c7ccccc7n6)cccc5c34)n2)cc1. The highest BCUT2D eigenvalue weighted by Gasteiger charge is 2.21. The summed E-state index contributed by atoms with van der Waals surface area (Å²) in [5, 5.41) is 2.87. The van der Waals surface area contributed by atoms with Gasteiger partial charge in [0.05, 0.1) is 16.8 Å². The van der Waals surface area contributed by atoms with Crippen LogP contribution in [0.2, 0.25) is 0 Å². The molecule has 9 rings (SSSR count). The first kappa shape index (κ1) is 26.8.